The van der Waals surface area contributed by atoms with Gasteiger partial charge in [0.05, 0.1) is 12.3 Å². The van der Waals surface area contributed by atoms with Crippen LogP contribution in [0.25, 0.3) is 0 Å². The first-order valence-corrected chi connectivity index (χ1v) is 7.41. The van der Waals surface area contributed by atoms with Gasteiger partial charge in [0.2, 0.25) is 5.29 Å². The van der Waals surface area contributed by atoms with Crippen molar-refractivity contribution in [1.29, 1.82) is 0 Å². The Hall–Kier alpha value is -1.27. The van der Waals surface area contributed by atoms with Crippen molar-refractivity contribution in [1.82, 2.24) is 0 Å². The molecule has 1 saturated carbocycles. The number of halogens is 1. The summed E-state index contributed by atoms with van der Waals surface area (Å²) in [6.07, 6.45) is 2.37. The number of nitrogens with one attached hydrogen (secondary N) is 1. The molecule has 0 radical (unpaired) electrons. The van der Waals surface area contributed by atoms with Gasteiger partial charge >= 0.3 is 0 Å². The van der Waals surface area contributed by atoms with Crippen molar-refractivity contribution in [3.8, 4) is 5.75 Å². The number of hydrogen-bond acceptors (Lipinski definition) is 4. The summed E-state index contributed by atoms with van der Waals surface area (Å²) in [4.78, 5) is 0.0974. The van der Waals surface area contributed by atoms with Gasteiger partial charge in [-0.3, -0.25) is 0 Å². The van der Waals surface area contributed by atoms with E-state index in [0.29, 0.717) is 24.0 Å². The zero-order valence-electron chi connectivity index (χ0n) is 9.39. The van der Waals surface area contributed by atoms with Crippen molar-refractivity contribution in [2.45, 2.75) is 17.7 Å². The minimum Gasteiger partial charge on any atom is -0.493 e. The first-order chi connectivity index (χ1) is 8.54. The van der Waals surface area contributed by atoms with E-state index in [0.717, 1.165) is 0 Å². The van der Waals surface area contributed by atoms with E-state index in [1.165, 1.54) is 18.9 Å². The number of nitrogens with zero attached hydrogens (tertiary/aromatic N) is 1. The summed E-state index contributed by atoms with van der Waals surface area (Å²) < 4.78 is 32.6. The fourth-order valence-corrected chi connectivity index (χ4v) is 3.09. The van der Waals surface area contributed by atoms with Crippen molar-refractivity contribution < 1.29 is 13.2 Å². The maximum atomic E-state index is 11.8. The third kappa shape index (κ3) is 2.30. The predicted molar refractivity (Wildman–Crippen MR) is 68.8 cm³/mol. The topological polar surface area (TPSA) is 67.8 Å². The minimum atomic E-state index is -3.72. The molecule has 2 aliphatic rings. The van der Waals surface area contributed by atoms with Gasteiger partial charge in [-0.25, -0.2) is 0 Å². The summed E-state index contributed by atoms with van der Waals surface area (Å²) >= 11 is 5.61. The van der Waals surface area contributed by atoms with E-state index < -0.39 is 10.0 Å². The molecular formula is C11H11ClN2O3S. The van der Waals surface area contributed by atoms with Crippen LogP contribution >= 0.6 is 11.6 Å². The lowest BCUT2D eigenvalue weighted by Gasteiger charge is -2.15. The maximum Gasteiger partial charge on any atom is 0.287 e. The highest BCUT2D eigenvalue weighted by Crippen LogP contribution is 2.33. The van der Waals surface area contributed by atoms with Crippen LogP contribution in [0.3, 0.4) is 0 Å². The Balaban J connectivity index is 1.91. The second kappa shape index (κ2) is 4.13. The number of amidine groups is 1. The number of anilines is 1. The fraction of sp³-hybridized carbons (Fsp3) is 0.364. The highest BCUT2D eigenvalue weighted by Gasteiger charge is 2.26. The van der Waals surface area contributed by atoms with Gasteiger partial charge < -0.3 is 10.1 Å². The van der Waals surface area contributed by atoms with E-state index in [-0.39, 0.29) is 10.2 Å². The highest BCUT2D eigenvalue weighted by atomic mass is 35.5. The Morgan fingerprint density at radius 2 is 2.22 bits per heavy atom. The average molecular weight is 287 g/mol. The Morgan fingerprint density at radius 3 is 2.94 bits per heavy atom. The number of hydrogen-bond donors (Lipinski definition) is 1. The van der Waals surface area contributed by atoms with Crippen LogP contribution in [0.2, 0.25) is 0 Å². The summed E-state index contributed by atoms with van der Waals surface area (Å²) in [5.41, 5.74) is 0.425. The minimum absolute atomic E-state index is 0.0974. The molecule has 18 heavy (non-hydrogen) atoms. The molecule has 1 aromatic carbocycles. The predicted octanol–water partition coefficient (Wildman–Crippen LogP) is 2.18. The molecular weight excluding hydrogens is 276 g/mol. The van der Waals surface area contributed by atoms with Gasteiger partial charge in [-0.2, -0.15) is 8.42 Å². The monoisotopic (exact) mass is 286 g/mol. The van der Waals surface area contributed by atoms with E-state index in [2.05, 4.69) is 9.71 Å². The van der Waals surface area contributed by atoms with Gasteiger partial charge in [0.1, 0.15) is 10.6 Å². The molecule has 7 heteroatoms. The molecule has 1 aliphatic heterocycles. The molecule has 0 amide bonds. The molecule has 1 N–H and O–H groups in total. The molecule has 0 bridgehead atoms. The molecule has 1 fully saturated rings. The molecule has 1 aromatic rings. The average Bonchev–Trinajstić information content (AvgIpc) is 3.09. The van der Waals surface area contributed by atoms with Crippen molar-refractivity contribution in [2.75, 3.05) is 11.9 Å². The van der Waals surface area contributed by atoms with Crippen LogP contribution in [0.1, 0.15) is 12.8 Å². The zero-order valence-corrected chi connectivity index (χ0v) is 11.0. The second-order valence-corrected chi connectivity index (χ2v) is 6.33. The van der Waals surface area contributed by atoms with E-state index in [9.17, 15) is 8.42 Å². The molecule has 0 unspecified atom stereocenters. The Labute approximate surface area is 110 Å². The smallest absolute Gasteiger partial charge is 0.287 e. The molecule has 1 aliphatic carbocycles. The van der Waals surface area contributed by atoms with Crippen LogP contribution < -0.4 is 10.1 Å². The van der Waals surface area contributed by atoms with Gasteiger partial charge in [-0.1, -0.05) is 0 Å². The van der Waals surface area contributed by atoms with Crippen LogP contribution in [0.5, 0.6) is 5.75 Å². The lowest BCUT2D eigenvalue weighted by molar-refractivity contribution is 0.299. The van der Waals surface area contributed by atoms with Crippen molar-refractivity contribution in [2.24, 2.45) is 10.3 Å². The van der Waals surface area contributed by atoms with Gasteiger partial charge in [-0.05, 0) is 42.5 Å². The van der Waals surface area contributed by atoms with E-state index in [1.54, 1.807) is 12.1 Å². The van der Waals surface area contributed by atoms with Crippen molar-refractivity contribution in [3.05, 3.63) is 18.2 Å². The fourth-order valence-electron chi connectivity index (χ4n) is 1.70. The zero-order chi connectivity index (χ0) is 12.8. The van der Waals surface area contributed by atoms with Gasteiger partial charge in [0.15, 0.2) is 0 Å². The summed E-state index contributed by atoms with van der Waals surface area (Å²) in [6.45, 7) is 0.635. The van der Waals surface area contributed by atoms with Crippen LogP contribution in [-0.2, 0) is 10.0 Å². The molecule has 96 valence electrons. The van der Waals surface area contributed by atoms with Crippen LogP contribution in [0, 0.1) is 5.92 Å². The first kappa shape index (κ1) is 11.8. The Bertz CT molecular complexity index is 623. The SMILES string of the molecule is O=S1(=O)N=C(Cl)Nc2ccc(OCC3CC3)cc21. The summed E-state index contributed by atoms with van der Waals surface area (Å²) in [5, 5.41) is 2.56. The molecule has 3 rings (SSSR count). The number of ether oxygens (including phenoxy) is 1. The third-order valence-electron chi connectivity index (χ3n) is 2.85. The molecule has 1 heterocycles. The standard InChI is InChI=1S/C11H11ClN2O3S/c12-11-13-9-4-3-8(17-6-7-1-2-7)5-10(9)18(15,16)14-11/h3-5,7H,1-2,6H2,(H,13,14). The maximum absolute atomic E-state index is 11.8. The van der Waals surface area contributed by atoms with Crippen LogP contribution in [0.4, 0.5) is 5.69 Å². The largest absolute Gasteiger partial charge is 0.493 e. The van der Waals surface area contributed by atoms with Crippen molar-refractivity contribution >= 4 is 32.6 Å². The molecule has 0 spiro atoms. The molecule has 5 nitrogen and oxygen atoms in total. The van der Waals surface area contributed by atoms with E-state index >= 15 is 0 Å². The Morgan fingerprint density at radius 1 is 1.44 bits per heavy atom. The molecule has 0 atom stereocenters. The number of rotatable bonds is 3. The quantitative estimate of drug-likeness (QED) is 0.865. The summed E-state index contributed by atoms with van der Waals surface area (Å²) in [7, 11) is -3.72. The summed E-state index contributed by atoms with van der Waals surface area (Å²) in [6, 6.07) is 4.83. The molecule has 0 saturated heterocycles. The van der Waals surface area contributed by atoms with Crippen LogP contribution in [0.15, 0.2) is 27.5 Å². The van der Waals surface area contributed by atoms with Crippen molar-refractivity contribution in [3.63, 3.8) is 0 Å². The lowest BCUT2D eigenvalue weighted by atomic mass is 10.3. The van der Waals surface area contributed by atoms with Gasteiger partial charge in [0.25, 0.3) is 10.0 Å². The van der Waals surface area contributed by atoms with E-state index in [4.69, 9.17) is 16.3 Å². The third-order valence-corrected chi connectivity index (χ3v) is 4.45. The first-order valence-electron chi connectivity index (χ1n) is 5.59. The number of benzene rings is 1. The molecule has 0 aromatic heterocycles. The van der Waals surface area contributed by atoms with Crippen LogP contribution in [-0.4, -0.2) is 20.3 Å². The van der Waals surface area contributed by atoms with Gasteiger partial charge in [0, 0.05) is 6.07 Å². The normalized spacial score (nSPS) is 20.6. The lowest BCUT2D eigenvalue weighted by Crippen LogP contribution is -2.17. The number of fused-ring (bicyclic) bond motifs is 1. The summed E-state index contributed by atoms with van der Waals surface area (Å²) in [5.74, 6) is 1.16. The van der Waals surface area contributed by atoms with Gasteiger partial charge in [-0.15, -0.1) is 4.40 Å². The Kier molecular flexibility index (Phi) is 2.71. The highest BCUT2D eigenvalue weighted by molar-refractivity contribution is 7.90. The number of sulfonamides is 1. The van der Waals surface area contributed by atoms with E-state index in [1.807, 2.05) is 0 Å². The second-order valence-electron chi connectivity index (χ2n) is 4.39.